The Morgan fingerprint density at radius 1 is 0.952 bits per heavy atom. The van der Waals surface area contributed by atoms with Crippen molar-refractivity contribution in [3.63, 3.8) is 0 Å². The molecule has 2 aromatic heterocycles. The lowest BCUT2D eigenvalue weighted by Gasteiger charge is -2.53. The van der Waals surface area contributed by atoms with Crippen molar-refractivity contribution in [1.82, 2.24) is 20.1 Å². The van der Waals surface area contributed by atoms with Crippen LogP contribution in [0.5, 0.6) is 0 Å². The molecule has 2 heterocycles. The minimum Gasteiger partial charge on any atom is -0.443 e. The van der Waals surface area contributed by atoms with E-state index in [-0.39, 0.29) is 27.6 Å². The molecule has 0 aliphatic heterocycles. The van der Waals surface area contributed by atoms with Crippen LogP contribution in [-0.2, 0) is 20.4 Å². The molecule has 0 saturated heterocycles. The van der Waals surface area contributed by atoms with Crippen LogP contribution in [0.15, 0.2) is 16.8 Å². The Morgan fingerprint density at radius 3 is 2.14 bits per heavy atom. The molecule has 0 radical (unpaired) electrons. The Hall–Kier alpha value is -3.04. The van der Waals surface area contributed by atoms with E-state index in [0.29, 0.717) is 18.4 Å². The molecule has 7 aliphatic carbocycles. The van der Waals surface area contributed by atoms with Gasteiger partial charge in [-0.1, -0.05) is 5.16 Å². The van der Waals surface area contributed by atoms with Crippen LogP contribution in [0.4, 0.5) is 10.7 Å². The molecule has 7 fully saturated rings. The third kappa shape index (κ3) is 4.69. The molecule has 0 atom stereocenters. The first-order valence-corrected chi connectivity index (χ1v) is 15.9. The number of fused-ring (bicyclic) bond motifs is 6. The molecule has 226 valence electrons. The van der Waals surface area contributed by atoms with Gasteiger partial charge in [0.25, 0.3) is 0 Å². The fourth-order valence-corrected chi connectivity index (χ4v) is 8.36. The number of nitrogens with zero attached hydrogens (tertiary/aromatic N) is 5. The third-order valence-corrected chi connectivity index (χ3v) is 11.5. The minimum atomic E-state index is -0.639. The van der Waals surface area contributed by atoms with Gasteiger partial charge < -0.3 is 15.0 Å². The van der Waals surface area contributed by atoms with E-state index in [1.807, 2.05) is 26.8 Å². The lowest BCUT2D eigenvalue weighted by atomic mass is 9.52. The van der Waals surface area contributed by atoms with Crippen molar-refractivity contribution in [2.24, 2.45) is 16.6 Å². The highest BCUT2D eigenvalue weighted by atomic mass is 16.6. The number of ether oxygens (including phenoxy) is 1. The zero-order chi connectivity index (χ0) is 29.4. The molecule has 42 heavy (non-hydrogen) atoms. The van der Waals surface area contributed by atoms with Crippen LogP contribution in [0.25, 0.3) is 0 Å². The quantitative estimate of drug-likeness (QED) is 0.433. The number of amides is 2. The first kappa shape index (κ1) is 27.8. The maximum atomic E-state index is 13.8. The van der Waals surface area contributed by atoms with Crippen molar-refractivity contribution in [2.75, 3.05) is 11.4 Å². The molecule has 2 amide bonds. The second-order valence-electron chi connectivity index (χ2n) is 15.2. The SMILES string of the molecule is CC(C)(C)OC(=O)N(CC12CCC(c3nc(C4CC4)no3)(CC1)CC2)c1nccc(C23CCC(C(N)=O)(CC2)CC3)n1. The predicted octanol–water partition coefficient (Wildman–Crippen LogP) is 5.85. The smallest absolute Gasteiger partial charge is 0.417 e. The summed E-state index contributed by atoms with van der Waals surface area (Å²) < 4.78 is 11.7. The molecule has 0 aromatic carbocycles. The summed E-state index contributed by atoms with van der Waals surface area (Å²) in [4.78, 5) is 42.2. The van der Waals surface area contributed by atoms with Crippen LogP contribution in [0.2, 0.25) is 0 Å². The summed E-state index contributed by atoms with van der Waals surface area (Å²) in [6.45, 7) is 6.20. The molecule has 0 spiro atoms. The number of nitrogens with two attached hydrogens (primary N) is 1. The fraction of sp³-hybridized carbons (Fsp3) is 0.750. The van der Waals surface area contributed by atoms with E-state index >= 15 is 0 Å². The second-order valence-corrected chi connectivity index (χ2v) is 15.2. The zero-order valence-electron chi connectivity index (χ0n) is 25.3. The Kier molecular flexibility index (Phi) is 6.27. The summed E-state index contributed by atoms with van der Waals surface area (Å²) >= 11 is 0. The van der Waals surface area contributed by atoms with Gasteiger partial charge in [0.15, 0.2) is 5.82 Å². The number of rotatable bonds is 7. The lowest BCUT2D eigenvalue weighted by molar-refractivity contribution is -0.134. The molecule has 7 aliphatic rings. The Bertz CT molecular complexity index is 1340. The van der Waals surface area contributed by atoms with E-state index in [4.69, 9.17) is 25.0 Å². The van der Waals surface area contributed by atoms with E-state index in [0.717, 1.165) is 107 Å². The summed E-state index contributed by atoms with van der Waals surface area (Å²) in [6.07, 6.45) is 14.6. The maximum Gasteiger partial charge on any atom is 0.417 e. The van der Waals surface area contributed by atoms with Gasteiger partial charge in [-0.3, -0.25) is 4.79 Å². The van der Waals surface area contributed by atoms with Crippen molar-refractivity contribution in [3.05, 3.63) is 29.7 Å². The molecule has 2 aromatic rings. The van der Waals surface area contributed by atoms with Gasteiger partial charge in [-0.05, 0) is 122 Å². The maximum absolute atomic E-state index is 13.8. The monoisotopic (exact) mass is 576 g/mol. The van der Waals surface area contributed by atoms with E-state index in [2.05, 4.69) is 10.1 Å². The highest BCUT2D eigenvalue weighted by Crippen LogP contribution is 2.59. The average Bonchev–Trinajstić information content (AvgIpc) is 3.72. The second kappa shape index (κ2) is 9.48. The Labute approximate surface area is 247 Å². The van der Waals surface area contributed by atoms with Crippen molar-refractivity contribution < 1.29 is 18.8 Å². The molecule has 10 nitrogen and oxygen atoms in total. The first-order valence-electron chi connectivity index (χ1n) is 15.9. The predicted molar refractivity (Wildman–Crippen MR) is 155 cm³/mol. The minimum absolute atomic E-state index is 0.0353. The van der Waals surface area contributed by atoms with E-state index in [1.165, 1.54) is 0 Å². The number of hydrogen-bond acceptors (Lipinski definition) is 8. The van der Waals surface area contributed by atoms with Crippen LogP contribution >= 0.6 is 0 Å². The summed E-state index contributed by atoms with van der Waals surface area (Å²) in [6, 6.07) is 1.99. The lowest BCUT2D eigenvalue weighted by Crippen LogP contribution is -2.52. The van der Waals surface area contributed by atoms with Crippen LogP contribution in [-0.4, -0.2) is 44.3 Å². The Balaban J connectivity index is 1.13. The highest BCUT2D eigenvalue weighted by Gasteiger charge is 2.55. The number of anilines is 1. The number of carbonyl (C=O) groups is 2. The van der Waals surface area contributed by atoms with Crippen LogP contribution < -0.4 is 10.6 Å². The molecule has 4 bridgehead atoms. The summed E-state index contributed by atoms with van der Waals surface area (Å²) in [5.41, 5.74) is 5.58. The Morgan fingerprint density at radius 2 is 1.57 bits per heavy atom. The largest absolute Gasteiger partial charge is 0.443 e. The van der Waals surface area contributed by atoms with Crippen molar-refractivity contribution >= 4 is 17.9 Å². The van der Waals surface area contributed by atoms with Gasteiger partial charge in [-0.2, -0.15) is 4.98 Å². The number of hydrogen-bond donors (Lipinski definition) is 1. The fourth-order valence-electron chi connectivity index (χ4n) is 8.36. The van der Waals surface area contributed by atoms with E-state index in [1.54, 1.807) is 11.1 Å². The summed E-state index contributed by atoms with van der Waals surface area (Å²) in [7, 11) is 0. The molecule has 2 N–H and O–H groups in total. The topological polar surface area (TPSA) is 137 Å². The van der Waals surface area contributed by atoms with Gasteiger partial charge in [0.2, 0.25) is 17.7 Å². The van der Waals surface area contributed by atoms with Crippen molar-refractivity contribution in [1.29, 1.82) is 0 Å². The van der Waals surface area contributed by atoms with Gasteiger partial charge in [-0.25, -0.2) is 19.7 Å². The van der Waals surface area contributed by atoms with Gasteiger partial charge in [0.1, 0.15) is 5.60 Å². The van der Waals surface area contributed by atoms with Gasteiger partial charge >= 0.3 is 6.09 Å². The highest BCUT2D eigenvalue weighted by molar-refractivity contribution is 5.86. The number of primary amides is 1. The van der Waals surface area contributed by atoms with E-state index < -0.39 is 11.7 Å². The zero-order valence-corrected chi connectivity index (χ0v) is 25.3. The van der Waals surface area contributed by atoms with Gasteiger partial charge in [0, 0.05) is 34.9 Å². The molecular formula is C32H44N6O4. The van der Waals surface area contributed by atoms with Crippen molar-refractivity contribution in [3.8, 4) is 0 Å². The van der Waals surface area contributed by atoms with Gasteiger partial charge in [-0.15, -0.1) is 0 Å². The summed E-state index contributed by atoms with van der Waals surface area (Å²) in [5, 5.41) is 4.31. The molecule has 0 unspecified atom stereocenters. The summed E-state index contributed by atoms with van der Waals surface area (Å²) in [5.74, 6) is 2.43. The number of carbonyl (C=O) groups excluding carboxylic acids is 2. The average molecular weight is 577 g/mol. The molecule has 9 rings (SSSR count). The van der Waals surface area contributed by atoms with Crippen LogP contribution in [0, 0.1) is 10.8 Å². The van der Waals surface area contributed by atoms with E-state index in [9.17, 15) is 9.59 Å². The molecule has 7 saturated carbocycles. The van der Waals surface area contributed by atoms with Crippen LogP contribution in [0.3, 0.4) is 0 Å². The first-order chi connectivity index (χ1) is 19.9. The third-order valence-electron chi connectivity index (χ3n) is 11.5. The van der Waals surface area contributed by atoms with Crippen molar-refractivity contribution in [2.45, 2.75) is 133 Å². The van der Waals surface area contributed by atoms with Gasteiger partial charge in [0.05, 0.1) is 5.69 Å². The molecule has 10 heteroatoms. The normalized spacial score (nSPS) is 33.9. The standard InChI is InChI=1S/C32H44N6O4/c1-28(2,3)41-27(40)38(26-34-19-6-22(35-26)30-13-16-31(17-14-30,18-15-30)24(33)39)20-29-7-10-32(11-8-29,12-9-29)25-36-23(37-42-25)21-4-5-21/h6,19,21H,4-5,7-18,20H2,1-3H3,(H2,33,39). The number of aromatic nitrogens is 4. The molecular weight excluding hydrogens is 532 g/mol. The van der Waals surface area contributed by atoms with Crippen LogP contribution in [0.1, 0.15) is 134 Å².